The van der Waals surface area contributed by atoms with Crippen LogP contribution in [0.1, 0.15) is 12.0 Å². The zero-order valence-corrected chi connectivity index (χ0v) is 15.5. The average Bonchev–Trinajstić information content (AvgIpc) is 2.56. The number of thioether (sulfide) groups is 1. The molecule has 1 atom stereocenters. The zero-order chi connectivity index (χ0) is 18.9. The van der Waals surface area contributed by atoms with Crippen LogP contribution in [0.2, 0.25) is 0 Å². The molecule has 3 rings (SSSR count). The van der Waals surface area contributed by atoms with Crippen LogP contribution in [-0.2, 0) is 15.8 Å². The summed E-state index contributed by atoms with van der Waals surface area (Å²) in [6.07, 6.45) is -4.69. The molecule has 9 heteroatoms. The highest BCUT2D eigenvalue weighted by Crippen LogP contribution is 2.38. The first kappa shape index (κ1) is 18.8. The Morgan fingerprint density at radius 1 is 1.23 bits per heavy atom. The molecule has 2 aromatic carbocycles. The molecule has 0 fully saturated rings. The first-order valence-electron chi connectivity index (χ1n) is 7.47. The number of carbonyl (C=O) groups excluding carboxylic acids is 2. The smallest absolute Gasteiger partial charge is 0.326 e. The number of benzene rings is 2. The van der Waals surface area contributed by atoms with Gasteiger partial charge >= 0.3 is 6.18 Å². The summed E-state index contributed by atoms with van der Waals surface area (Å²) < 4.78 is 38.7. The number of anilines is 2. The van der Waals surface area contributed by atoms with Gasteiger partial charge in [-0.05, 0) is 30.3 Å². The zero-order valence-electron chi connectivity index (χ0n) is 13.1. The molecule has 0 radical (unpaired) electrons. The van der Waals surface area contributed by atoms with Gasteiger partial charge in [-0.1, -0.05) is 28.1 Å². The second kappa shape index (κ2) is 7.32. The molecule has 0 spiro atoms. The summed E-state index contributed by atoms with van der Waals surface area (Å²) in [6.45, 7) is 0. The van der Waals surface area contributed by atoms with E-state index in [0.29, 0.717) is 5.69 Å². The van der Waals surface area contributed by atoms with Gasteiger partial charge in [0.2, 0.25) is 11.8 Å². The SMILES string of the molecule is O=C(CC1Sc2ccccc2NC1=O)Nc1ccc(Br)c(C(F)(F)F)c1. The fourth-order valence-electron chi connectivity index (χ4n) is 2.43. The summed E-state index contributed by atoms with van der Waals surface area (Å²) in [5, 5.41) is 4.49. The summed E-state index contributed by atoms with van der Waals surface area (Å²) >= 11 is 4.10. The Morgan fingerprint density at radius 2 is 1.96 bits per heavy atom. The molecule has 0 bridgehead atoms. The molecule has 1 aliphatic rings. The Morgan fingerprint density at radius 3 is 2.69 bits per heavy atom. The van der Waals surface area contributed by atoms with Crippen molar-refractivity contribution in [2.45, 2.75) is 22.7 Å². The van der Waals surface area contributed by atoms with Crippen molar-refractivity contribution in [2.75, 3.05) is 10.6 Å². The molecule has 2 amide bonds. The van der Waals surface area contributed by atoms with Gasteiger partial charge in [0, 0.05) is 21.5 Å². The first-order valence-corrected chi connectivity index (χ1v) is 9.14. The van der Waals surface area contributed by atoms with Crippen molar-refractivity contribution in [1.29, 1.82) is 0 Å². The standard InChI is InChI=1S/C17H12BrF3N2O2S/c18-11-6-5-9(7-10(11)17(19,20)21)22-15(24)8-14-16(25)23-12-3-1-2-4-13(12)26-14/h1-7,14H,8H2,(H,22,24)(H,23,25). The third-order valence-corrected chi connectivity index (χ3v) is 5.60. The summed E-state index contributed by atoms with van der Waals surface area (Å²) in [7, 11) is 0. The third kappa shape index (κ3) is 4.21. The van der Waals surface area contributed by atoms with Crippen molar-refractivity contribution >= 4 is 50.9 Å². The van der Waals surface area contributed by atoms with E-state index in [-0.39, 0.29) is 22.5 Å². The van der Waals surface area contributed by atoms with Crippen LogP contribution in [0, 0.1) is 0 Å². The van der Waals surface area contributed by atoms with Crippen LogP contribution >= 0.6 is 27.7 Å². The maximum atomic E-state index is 12.9. The number of fused-ring (bicyclic) bond motifs is 1. The Labute approximate surface area is 159 Å². The lowest BCUT2D eigenvalue weighted by atomic mass is 10.2. The van der Waals surface area contributed by atoms with Crippen LogP contribution in [0.15, 0.2) is 51.8 Å². The molecule has 0 aromatic heterocycles. The minimum absolute atomic E-state index is 0.0205. The number of halogens is 4. The van der Waals surface area contributed by atoms with Crippen LogP contribution in [0.25, 0.3) is 0 Å². The predicted octanol–water partition coefficient (Wildman–Crippen LogP) is 4.91. The van der Waals surface area contributed by atoms with Crippen LogP contribution < -0.4 is 10.6 Å². The molecule has 0 saturated heterocycles. The number of carbonyl (C=O) groups is 2. The van der Waals surface area contributed by atoms with Crippen molar-refractivity contribution in [3.05, 3.63) is 52.5 Å². The Balaban J connectivity index is 1.69. The lowest BCUT2D eigenvalue weighted by molar-refractivity contribution is -0.138. The maximum Gasteiger partial charge on any atom is 0.417 e. The van der Waals surface area contributed by atoms with E-state index in [9.17, 15) is 22.8 Å². The van der Waals surface area contributed by atoms with Crippen molar-refractivity contribution in [1.82, 2.24) is 0 Å². The molecule has 1 unspecified atom stereocenters. The lowest BCUT2D eigenvalue weighted by Crippen LogP contribution is -2.32. The highest BCUT2D eigenvalue weighted by Gasteiger charge is 2.33. The number of alkyl halides is 3. The van der Waals surface area contributed by atoms with Crippen molar-refractivity contribution in [3.8, 4) is 0 Å². The number of nitrogens with one attached hydrogen (secondary N) is 2. The van der Waals surface area contributed by atoms with Gasteiger partial charge in [0.15, 0.2) is 0 Å². The largest absolute Gasteiger partial charge is 0.417 e. The normalized spacial score (nSPS) is 16.6. The number of hydrogen-bond acceptors (Lipinski definition) is 3. The Kier molecular flexibility index (Phi) is 5.29. The second-order valence-electron chi connectivity index (χ2n) is 5.54. The maximum absolute atomic E-state index is 12.9. The van der Waals surface area contributed by atoms with E-state index >= 15 is 0 Å². The number of para-hydroxylation sites is 1. The van der Waals surface area contributed by atoms with Gasteiger partial charge in [0.05, 0.1) is 16.5 Å². The molecular formula is C17H12BrF3N2O2S. The van der Waals surface area contributed by atoms with Crippen molar-refractivity contribution in [3.63, 3.8) is 0 Å². The fourth-order valence-corrected chi connectivity index (χ4v) is 4.01. The van der Waals surface area contributed by atoms with Crippen LogP contribution in [-0.4, -0.2) is 17.1 Å². The van der Waals surface area contributed by atoms with E-state index in [4.69, 9.17) is 0 Å². The molecule has 0 aliphatic carbocycles. The second-order valence-corrected chi connectivity index (χ2v) is 7.64. The van der Waals surface area contributed by atoms with Crippen molar-refractivity contribution < 1.29 is 22.8 Å². The minimum atomic E-state index is -4.54. The summed E-state index contributed by atoms with van der Waals surface area (Å²) in [5.74, 6) is -0.844. The summed E-state index contributed by atoms with van der Waals surface area (Å²) in [5.41, 5.74) is -0.178. The summed E-state index contributed by atoms with van der Waals surface area (Å²) in [4.78, 5) is 25.1. The van der Waals surface area contributed by atoms with Gasteiger partial charge in [-0.2, -0.15) is 13.2 Å². The molecule has 136 valence electrons. The fraction of sp³-hybridized carbons (Fsp3) is 0.176. The van der Waals surface area contributed by atoms with Crippen LogP contribution in [0.5, 0.6) is 0 Å². The lowest BCUT2D eigenvalue weighted by Gasteiger charge is -2.23. The third-order valence-electron chi connectivity index (χ3n) is 3.63. The van der Waals surface area contributed by atoms with Gasteiger partial charge in [-0.25, -0.2) is 0 Å². The first-order chi connectivity index (χ1) is 12.2. The van der Waals surface area contributed by atoms with Crippen molar-refractivity contribution in [2.24, 2.45) is 0 Å². The van der Waals surface area contributed by atoms with E-state index in [1.54, 1.807) is 12.1 Å². The Bertz CT molecular complexity index is 873. The minimum Gasteiger partial charge on any atom is -0.326 e. The van der Waals surface area contributed by atoms with E-state index in [1.165, 1.54) is 23.9 Å². The highest BCUT2D eigenvalue weighted by molar-refractivity contribution is 9.10. The molecule has 2 N–H and O–H groups in total. The molecule has 1 aliphatic heterocycles. The number of rotatable bonds is 3. The van der Waals surface area contributed by atoms with Gasteiger partial charge in [0.25, 0.3) is 0 Å². The van der Waals surface area contributed by atoms with Gasteiger partial charge in [-0.3, -0.25) is 9.59 Å². The van der Waals surface area contributed by atoms with E-state index in [1.807, 2.05) is 12.1 Å². The molecular weight excluding hydrogens is 433 g/mol. The highest BCUT2D eigenvalue weighted by atomic mass is 79.9. The van der Waals surface area contributed by atoms with Gasteiger partial charge in [-0.15, -0.1) is 11.8 Å². The van der Waals surface area contributed by atoms with Gasteiger partial charge < -0.3 is 10.6 Å². The molecule has 2 aromatic rings. The number of amides is 2. The number of hydrogen-bond donors (Lipinski definition) is 2. The van der Waals surface area contributed by atoms with Crippen LogP contribution in [0.4, 0.5) is 24.5 Å². The predicted molar refractivity (Wildman–Crippen MR) is 97.1 cm³/mol. The van der Waals surface area contributed by atoms with E-state index in [2.05, 4.69) is 26.6 Å². The van der Waals surface area contributed by atoms with E-state index < -0.39 is 22.9 Å². The molecule has 1 heterocycles. The van der Waals surface area contributed by atoms with Crippen LogP contribution in [0.3, 0.4) is 0 Å². The molecule has 0 saturated carbocycles. The topological polar surface area (TPSA) is 58.2 Å². The monoisotopic (exact) mass is 444 g/mol. The summed E-state index contributed by atoms with van der Waals surface area (Å²) in [6, 6.07) is 10.6. The van der Waals surface area contributed by atoms with Gasteiger partial charge in [0.1, 0.15) is 0 Å². The molecule has 26 heavy (non-hydrogen) atoms. The van der Waals surface area contributed by atoms with E-state index in [0.717, 1.165) is 11.0 Å². The quantitative estimate of drug-likeness (QED) is 0.706. The molecule has 4 nitrogen and oxygen atoms in total. The Hall–Kier alpha value is -2.00. The average molecular weight is 445 g/mol.